The highest BCUT2D eigenvalue weighted by Gasteiger charge is 2.45. The smallest absolute Gasteiger partial charge is 0.254 e. The number of ether oxygens (including phenoxy) is 2. The van der Waals surface area contributed by atoms with Gasteiger partial charge in [0, 0.05) is 120 Å². The zero-order valence-corrected chi connectivity index (χ0v) is 48.0. The molecule has 4 aliphatic heterocycles. The number of thiazole rings is 1. The van der Waals surface area contributed by atoms with E-state index in [9.17, 15) is 24.6 Å². The van der Waals surface area contributed by atoms with E-state index in [1.165, 1.54) is 21.1 Å². The maximum absolute atomic E-state index is 14.6. The Morgan fingerprint density at radius 3 is 2.20 bits per heavy atom. The third-order valence-corrected chi connectivity index (χ3v) is 17.4. The molecule has 21 nitrogen and oxygen atoms in total. The number of aromatic nitrogens is 5. The number of aromatic hydroxyl groups is 1. The fourth-order valence-corrected chi connectivity index (χ4v) is 12.8. The molecule has 7 aromatic rings. The number of carbonyl (C=O) groups excluding carboxylic acids is 3. The largest absolute Gasteiger partial charge is 0.507 e. The molecule has 0 aliphatic carbocycles. The molecule has 434 valence electrons. The molecule has 4 aliphatic rings. The fourth-order valence-electron chi connectivity index (χ4n) is 12.0. The first kappa shape index (κ1) is 56.7. The zero-order valence-electron chi connectivity index (χ0n) is 47.2. The van der Waals surface area contributed by atoms with Gasteiger partial charge in [0.2, 0.25) is 17.7 Å². The number of phenolic OH excluding ortho intramolecular Hbond substituents is 1. The zero-order chi connectivity index (χ0) is 57.7. The summed E-state index contributed by atoms with van der Waals surface area (Å²) in [5.41, 5.74) is 14.3. The molecule has 11 rings (SSSR count). The van der Waals surface area contributed by atoms with E-state index in [0.29, 0.717) is 59.7 Å². The van der Waals surface area contributed by atoms with Crippen LogP contribution in [0.25, 0.3) is 21.7 Å². The van der Waals surface area contributed by atoms with Crippen LogP contribution in [0, 0.1) is 12.8 Å². The molecule has 4 saturated heterocycles. The lowest BCUT2D eigenvalue weighted by Crippen LogP contribution is -2.54. The van der Waals surface area contributed by atoms with Gasteiger partial charge in [-0.25, -0.2) is 9.97 Å². The minimum atomic E-state index is -1.10. The molecule has 83 heavy (non-hydrogen) atoms. The second kappa shape index (κ2) is 25.1. The second-order valence-corrected chi connectivity index (χ2v) is 23.1. The van der Waals surface area contributed by atoms with E-state index in [4.69, 9.17) is 19.7 Å². The third-order valence-electron chi connectivity index (χ3n) is 16.5. The van der Waals surface area contributed by atoms with Gasteiger partial charge in [0.25, 0.3) is 11.8 Å². The predicted octanol–water partition coefficient (Wildman–Crippen LogP) is 6.40. The van der Waals surface area contributed by atoms with Crippen LogP contribution >= 0.6 is 11.3 Å². The summed E-state index contributed by atoms with van der Waals surface area (Å²) in [6, 6.07) is 29.8. The summed E-state index contributed by atoms with van der Waals surface area (Å²) in [6.07, 6.45) is 2.96. The Morgan fingerprint density at radius 2 is 1.53 bits per heavy atom. The topological polar surface area (TPSA) is 245 Å². The number of nitrogens with one attached hydrogen (secondary N) is 1. The molecule has 4 aromatic heterocycles. The van der Waals surface area contributed by atoms with Crippen molar-refractivity contribution in [1.82, 2.24) is 45.3 Å². The second-order valence-electron chi connectivity index (χ2n) is 22.2. The number of aliphatic hydroxyl groups excluding tert-OH is 1. The number of nitrogens with zero attached hydrogens (tertiary/aromatic N) is 11. The first-order valence-corrected chi connectivity index (χ1v) is 29.3. The Bertz CT molecular complexity index is 3360. The fraction of sp³-hybridized carbons (Fsp3) is 0.410. The molecule has 4 fully saturated rings. The number of rotatable bonds is 20. The van der Waals surface area contributed by atoms with Crippen LogP contribution < -0.4 is 35.2 Å². The number of fused-ring (bicyclic) bond motifs is 2. The monoisotopic (exact) mass is 1150 g/mol. The normalized spacial score (nSPS) is 19.9. The number of aryl methyl sites for hydroxylation is 1. The number of likely N-dealkylation sites (N-methyl/N-ethyl adjacent to an activating group) is 1. The predicted molar refractivity (Wildman–Crippen MR) is 316 cm³/mol. The van der Waals surface area contributed by atoms with Crippen LogP contribution in [-0.4, -0.2) is 171 Å². The summed E-state index contributed by atoms with van der Waals surface area (Å²) in [5, 5.41) is 37.2. The average molecular weight is 1150 g/mol. The summed E-state index contributed by atoms with van der Waals surface area (Å²) < 4.78 is 18.1. The highest BCUT2D eigenvalue weighted by molar-refractivity contribution is 7.13. The van der Waals surface area contributed by atoms with Crippen LogP contribution in [0.5, 0.6) is 17.5 Å². The molecule has 3 aromatic carbocycles. The number of phenols is 1. The molecule has 22 heteroatoms. The number of nitrogen functional groups attached to an aromatic ring is 1. The summed E-state index contributed by atoms with van der Waals surface area (Å²) >= 11 is 1.52. The van der Waals surface area contributed by atoms with Gasteiger partial charge in [0.05, 0.1) is 33.6 Å². The van der Waals surface area contributed by atoms with Crippen molar-refractivity contribution in [3.63, 3.8) is 0 Å². The standard InChI is InChI=1S/C61H71N13O8S/c1-38(2)55(60(78)73-36-46(75)31-50(73)59(77)65-56(61(79)69(4)42-10-6-5-7-11-42)40-14-16-41(17-15-40)57-39(3)64-37-83-57)52-33-54(68-82-52)81-29-27-71-24-22-70(23-25-71)26-28-80-53-30-43(20-21-63-53)74-44-18-19-45(74)35-72(34-44)49-32-48(66-67-58(49)62)47-12-8-9-13-51(47)76/h5-17,20-21,30,32-33,37-38,44-46,50,55-56,75-76H,18-19,22-29,31,34-36H2,1-4H3,(H2,62,67)(H,65,77)/t44?,45?,46-,50+,55+,56-/m1/s1. The van der Waals surface area contributed by atoms with Crippen LogP contribution in [-0.2, 0) is 14.4 Å². The lowest BCUT2D eigenvalue weighted by atomic mass is 9.91. The lowest BCUT2D eigenvalue weighted by molar-refractivity contribution is -0.141. The maximum Gasteiger partial charge on any atom is 0.254 e. The van der Waals surface area contributed by atoms with E-state index >= 15 is 0 Å². The first-order chi connectivity index (χ1) is 40.3. The van der Waals surface area contributed by atoms with Crippen molar-refractivity contribution in [2.24, 2.45) is 5.92 Å². The summed E-state index contributed by atoms with van der Waals surface area (Å²) in [6.45, 7) is 13.0. The number of amides is 3. The molecule has 0 radical (unpaired) electrons. The van der Waals surface area contributed by atoms with Crippen LogP contribution in [0.1, 0.15) is 62.1 Å². The Hall–Kier alpha value is -8.18. The summed E-state index contributed by atoms with van der Waals surface area (Å²) in [4.78, 5) is 65.7. The van der Waals surface area contributed by atoms with E-state index in [-0.39, 0.29) is 48.5 Å². The number of aliphatic hydroxyl groups is 1. The van der Waals surface area contributed by atoms with Crippen LogP contribution in [0.4, 0.5) is 22.9 Å². The van der Waals surface area contributed by atoms with Crippen molar-refractivity contribution in [1.29, 1.82) is 0 Å². The molecular formula is C61H71N13O8S. The Morgan fingerprint density at radius 1 is 0.843 bits per heavy atom. The van der Waals surface area contributed by atoms with Gasteiger partial charge in [0.1, 0.15) is 37.0 Å². The van der Waals surface area contributed by atoms with Gasteiger partial charge in [-0.2, -0.15) is 0 Å². The van der Waals surface area contributed by atoms with Crippen LogP contribution in [0.2, 0.25) is 0 Å². The van der Waals surface area contributed by atoms with E-state index in [2.05, 4.69) is 56.3 Å². The quantitative estimate of drug-likeness (QED) is 0.0645. The van der Waals surface area contributed by atoms with Gasteiger partial charge in [0.15, 0.2) is 11.6 Å². The van der Waals surface area contributed by atoms with E-state index in [1.807, 2.05) is 106 Å². The Balaban J connectivity index is 0.644. The maximum atomic E-state index is 14.6. The highest BCUT2D eigenvalue weighted by atomic mass is 32.1. The van der Waals surface area contributed by atoms with Crippen molar-refractivity contribution < 1.29 is 38.6 Å². The number of carbonyl (C=O) groups is 3. The minimum absolute atomic E-state index is 0.00258. The third kappa shape index (κ3) is 12.6. The number of benzene rings is 3. The number of para-hydroxylation sites is 2. The van der Waals surface area contributed by atoms with E-state index < -0.39 is 35.9 Å². The molecule has 2 unspecified atom stereocenters. The van der Waals surface area contributed by atoms with Crippen molar-refractivity contribution in [3.8, 4) is 39.2 Å². The van der Waals surface area contributed by atoms with Gasteiger partial charge in [-0.1, -0.05) is 68.4 Å². The molecule has 8 heterocycles. The van der Waals surface area contributed by atoms with Gasteiger partial charge in [-0.3, -0.25) is 24.2 Å². The number of nitrogens with two attached hydrogens (primary N) is 1. The number of anilines is 4. The molecule has 5 N–H and O–H groups in total. The van der Waals surface area contributed by atoms with Crippen molar-refractivity contribution in [2.45, 2.75) is 76.2 Å². The molecule has 0 saturated carbocycles. The van der Waals surface area contributed by atoms with Gasteiger partial charge in [-0.15, -0.1) is 21.5 Å². The number of likely N-dealkylation sites (tertiary alicyclic amines) is 1. The van der Waals surface area contributed by atoms with Gasteiger partial charge in [-0.05, 0) is 78.4 Å². The molecule has 2 bridgehead atoms. The van der Waals surface area contributed by atoms with E-state index in [0.717, 1.165) is 86.2 Å². The van der Waals surface area contributed by atoms with Crippen molar-refractivity contribution >= 4 is 51.9 Å². The number of β-amino-alcohol motifs (C(OH)–C–C–N with tert-alkyl or cyclic N) is 1. The summed E-state index contributed by atoms with van der Waals surface area (Å²) in [7, 11) is 1.66. The number of pyridine rings is 1. The SMILES string of the molecule is Cc1ncsc1-c1ccc([C@@H](NC(=O)[C@@H]2C[C@@H](O)CN2C(=O)[C@H](c2cc(OCCN3CCN(CCOc4cc(N5C6CCC5CN(c5cc(-c7ccccc7O)nnc5N)C6)ccn4)CC3)no2)C(C)C)C(=O)N(C)c2ccccc2)cc1. The lowest BCUT2D eigenvalue weighted by Gasteiger charge is -2.43. The van der Waals surface area contributed by atoms with E-state index in [1.54, 1.807) is 30.8 Å². The average Bonchev–Trinajstić information content (AvgIpc) is 4.41. The van der Waals surface area contributed by atoms with Crippen LogP contribution in [0.3, 0.4) is 0 Å². The number of hydrogen-bond acceptors (Lipinski definition) is 19. The first-order valence-electron chi connectivity index (χ1n) is 28.5. The number of hydrogen-bond donors (Lipinski definition) is 4. The van der Waals surface area contributed by atoms with Gasteiger partial charge < -0.3 is 54.9 Å². The highest BCUT2D eigenvalue weighted by Crippen LogP contribution is 2.40. The Kier molecular flexibility index (Phi) is 17.2. The van der Waals surface area contributed by atoms with Crippen LogP contribution in [0.15, 0.2) is 119 Å². The summed E-state index contributed by atoms with van der Waals surface area (Å²) in [5.74, 6) is -0.750. The van der Waals surface area contributed by atoms with Crippen molar-refractivity contribution in [2.75, 3.05) is 99.6 Å². The molecule has 3 amide bonds. The molecular weight excluding hydrogens is 1070 g/mol. The minimum Gasteiger partial charge on any atom is -0.507 e. The number of piperazine rings is 2. The van der Waals surface area contributed by atoms with Gasteiger partial charge >= 0.3 is 0 Å². The molecule has 0 spiro atoms. The Labute approximate surface area is 486 Å². The van der Waals surface area contributed by atoms with Crippen molar-refractivity contribution in [3.05, 3.63) is 132 Å². The molecule has 6 atom stereocenters.